The average Bonchev–Trinajstić information content (AvgIpc) is 3.68. The Morgan fingerprint density at radius 1 is 0.932 bits per heavy atom. The minimum absolute atomic E-state index is 0.0712. The molecule has 3 atom stereocenters. The van der Waals surface area contributed by atoms with Crippen molar-refractivity contribution in [3.8, 4) is 0 Å². The SMILES string of the molecule is CCN1CCN(C(=O)NC(C(=O)N[C@]2(NC=O)C(=O)N3C(C(=O)OC(c4ccccc4)c4ccccc4)=C(CSc4nnnn4C)CS[C@@H]32)c2ccccc2)C(=O)C1=O. The third-order valence-electron chi connectivity index (χ3n) is 9.94. The first kappa shape index (κ1) is 40.6. The number of urea groups is 1. The number of nitrogens with zero attached hydrogens (tertiary/aromatic N) is 7. The first-order chi connectivity index (χ1) is 28.6. The number of aromatic nitrogens is 4. The number of hydrogen-bond acceptors (Lipinski definition) is 13. The quantitative estimate of drug-likeness (QED) is 0.0410. The van der Waals surface area contributed by atoms with Gasteiger partial charge in [-0.3, -0.25) is 33.8 Å². The van der Waals surface area contributed by atoms with Gasteiger partial charge in [0.2, 0.25) is 23.1 Å². The third kappa shape index (κ3) is 8.00. The monoisotopic (exact) mass is 838 g/mol. The number of carbonyl (C=O) groups is 7. The summed E-state index contributed by atoms with van der Waals surface area (Å²) in [7, 11) is 1.66. The smallest absolute Gasteiger partial charge is 0.356 e. The highest BCUT2D eigenvalue weighted by atomic mass is 32.2. The van der Waals surface area contributed by atoms with E-state index in [1.807, 2.05) is 60.7 Å². The van der Waals surface area contributed by atoms with Crippen molar-refractivity contribution in [2.75, 3.05) is 31.1 Å². The van der Waals surface area contributed by atoms with Crippen LogP contribution in [-0.2, 0) is 40.6 Å². The molecule has 3 aliphatic heterocycles. The summed E-state index contributed by atoms with van der Waals surface area (Å²) in [4.78, 5) is 98.0. The van der Waals surface area contributed by atoms with E-state index in [1.165, 1.54) is 38.0 Å². The molecule has 1 unspecified atom stereocenters. The molecule has 4 heterocycles. The number of aryl methyl sites for hydroxylation is 1. The zero-order chi connectivity index (χ0) is 41.7. The van der Waals surface area contributed by atoms with Gasteiger partial charge in [-0.25, -0.2) is 14.3 Å². The van der Waals surface area contributed by atoms with Crippen molar-refractivity contribution >= 4 is 65.6 Å². The van der Waals surface area contributed by atoms with Crippen LogP contribution in [0.3, 0.4) is 0 Å². The average molecular weight is 839 g/mol. The topological polar surface area (TPSA) is 218 Å². The maximum atomic E-state index is 14.6. The molecule has 18 nitrogen and oxygen atoms in total. The molecular formula is C39H38N10O8S2. The Morgan fingerprint density at radius 3 is 2.14 bits per heavy atom. The Morgan fingerprint density at radius 2 is 1.56 bits per heavy atom. The highest BCUT2D eigenvalue weighted by molar-refractivity contribution is 8.01. The minimum atomic E-state index is -2.09. The van der Waals surface area contributed by atoms with Gasteiger partial charge >= 0.3 is 23.8 Å². The fourth-order valence-electron chi connectivity index (χ4n) is 6.92. The third-order valence-corrected chi connectivity index (χ3v) is 12.4. The number of imide groups is 1. The van der Waals surface area contributed by atoms with Crippen LogP contribution in [0.2, 0.25) is 0 Å². The van der Waals surface area contributed by atoms with Crippen LogP contribution in [0.25, 0.3) is 0 Å². The van der Waals surface area contributed by atoms with Crippen LogP contribution >= 0.6 is 23.5 Å². The van der Waals surface area contributed by atoms with Crippen molar-refractivity contribution in [3.63, 3.8) is 0 Å². The van der Waals surface area contributed by atoms with E-state index in [9.17, 15) is 33.6 Å². The fraction of sp³-hybridized carbons (Fsp3) is 0.282. The van der Waals surface area contributed by atoms with Crippen molar-refractivity contribution in [2.45, 2.75) is 35.3 Å². The minimum Gasteiger partial charge on any atom is -0.448 e. The Kier molecular flexibility index (Phi) is 12.1. The first-order valence-electron chi connectivity index (χ1n) is 18.4. The highest BCUT2D eigenvalue weighted by Gasteiger charge is 2.66. The summed E-state index contributed by atoms with van der Waals surface area (Å²) >= 11 is 2.42. The van der Waals surface area contributed by atoms with Crippen LogP contribution in [0.15, 0.2) is 107 Å². The highest BCUT2D eigenvalue weighted by Crippen LogP contribution is 2.47. The van der Waals surface area contributed by atoms with Gasteiger partial charge in [0.25, 0.3) is 5.91 Å². The molecule has 0 aliphatic carbocycles. The normalized spacial score (nSPS) is 19.5. The van der Waals surface area contributed by atoms with Gasteiger partial charge in [-0.05, 0) is 39.6 Å². The molecule has 1 aromatic heterocycles. The molecule has 3 aliphatic rings. The lowest BCUT2D eigenvalue weighted by atomic mass is 9.94. The van der Waals surface area contributed by atoms with Crippen LogP contribution < -0.4 is 16.0 Å². The van der Waals surface area contributed by atoms with Gasteiger partial charge in [0.1, 0.15) is 17.1 Å². The second-order valence-electron chi connectivity index (χ2n) is 13.5. The van der Waals surface area contributed by atoms with Crippen LogP contribution in [-0.4, -0.2) is 119 Å². The van der Waals surface area contributed by atoms with Crippen molar-refractivity contribution in [3.05, 3.63) is 119 Å². The number of rotatable bonds is 14. The lowest BCUT2D eigenvalue weighted by Crippen LogP contribution is -2.85. The molecular weight excluding hydrogens is 801 g/mol. The van der Waals surface area contributed by atoms with E-state index in [4.69, 9.17) is 4.74 Å². The number of β-lactam (4-membered cyclic amide) rings is 1. The summed E-state index contributed by atoms with van der Waals surface area (Å²) in [6.45, 7) is 1.99. The number of piperazine rings is 1. The van der Waals surface area contributed by atoms with Gasteiger partial charge in [-0.2, -0.15) is 0 Å². The van der Waals surface area contributed by atoms with Crippen molar-refractivity contribution in [1.29, 1.82) is 0 Å². The predicted molar refractivity (Wildman–Crippen MR) is 212 cm³/mol. The van der Waals surface area contributed by atoms with Crippen LogP contribution in [0.4, 0.5) is 4.79 Å². The molecule has 3 N–H and O–H groups in total. The Labute approximate surface area is 346 Å². The molecule has 4 aromatic rings. The number of esters is 1. The molecule has 3 aromatic carbocycles. The van der Waals surface area contributed by atoms with Gasteiger partial charge in [0.05, 0.1) is 0 Å². The standard InChI is InChI=1S/C39H38N10O8S2/c1-3-47-19-20-48(33(53)32(47)52)37(56)41-28(24-13-7-4-8-14-24)31(51)42-39(40-23-50)35(55)49-29(27(21-58-36(39)49)22-59-38-43-44-45-46(38)2)34(54)57-30(25-15-9-5-10-16-25)26-17-11-6-12-18-26/h4-18,23,28,30,36H,3,19-22H2,1-2H3,(H,40,50)(H,41,56)(H,42,51)/t28?,36-,39-/m1/s1. The lowest BCUT2D eigenvalue weighted by molar-refractivity contribution is -0.164. The number of carbonyl (C=O) groups excluding carboxylic acids is 7. The molecule has 0 spiro atoms. The van der Waals surface area contributed by atoms with Gasteiger partial charge in [0, 0.05) is 38.2 Å². The largest absolute Gasteiger partial charge is 0.448 e. The molecule has 0 bridgehead atoms. The number of ether oxygens (including phenoxy) is 1. The number of tetrazole rings is 1. The molecule has 2 saturated heterocycles. The van der Waals surface area contributed by atoms with E-state index in [2.05, 4.69) is 31.5 Å². The molecule has 304 valence electrons. The number of thioether (sulfide) groups is 2. The molecule has 0 radical (unpaired) electrons. The summed E-state index contributed by atoms with van der Waals surface area (Å²) in [6.07, 6.45) is -0.600. The van der Waals surface area contributed by atoms with E-state index in [0.717, 1.165) is 4.90 Å². The number of amides is 7. The van der Waals surface area contributed by atoms with Crippen LogP contribution in [0.1, 0.15) is 35.8 Å². The van der Waals surface area contributed by atoms with Gasteiger partial charge < -0.3 is 25.6 Å². The number of nitrogens with one attached hydrogen (secondary N) is 3. The Hall–Kier alpha value is -6.54. The van der Waals surface area contributed by atoms with E-state index >= 15 is 0 Å². The number of benzene rings is 3. The molecule has 2 fully saturated rings. The maximum absolute atomic E-state index is 14.6. The van der Waals surface area contributed by atoms with Gasteiger partial charge in [0.15, 0.2) is 6.10 Å². The predicted octanol–water partition coefficient (Wildman–Crippen LogP) is 1.50. The molecule has 59 heavy (non-hydrogen) atoms. The Balaban J connectivity index is 1.20. The van der Waals surface area contributed by atoms with Crippen molar-refractivity contribution < 1.29 is 38.3 Å². The zero-order valence-electron chi connectivity index (χ0n) is 31.7. The molecule has 0 saturated carbocycles. The van der Waals surface area contributed by atoms with E-state index < -0.39 is 58.8 Å². The van der Waals surface area contributed by atoms with E-state index in [1.54, 1.807) is 44.3 Å². The second kappa shape index (κ2) is 17.5. The van der Waals surface area contributed by atoms with E-state index in [0.29, 0.717) is 21.9 Å². The fourth-order valence-corrected chi connectivity index (χ4v) is 9.34. The summed E-state index contributed by atoms with van der Waals surface area (Å²) in [5.41, 5.74) is -0.00194. The van der Waals surface area contributed by atoms with Gasteiger partial charge in [-0.1, -0.05) is 103 Å². The van der Waals surface area contributed by atoms with Crippen LogP contribution in [0, 0.1) is 0 Å². The Bertz CT molecular complexity index is 2260. The lowest BCUT2D eigenvalue weighted by Gasteiger charge is -2.56. The van der Waals surface area contributed by atoms with Crippen molar-refractivity contribution in [1.82, 2.24) is 50.9 Å². The molecule has 7 rings (SSSR count). The first-order valence-corrected chi connectivity index (χ1v) is 20.4. The summed E-state index contributed by atoms with van der Waals surface area (Å²) in [6, 6.07) is 23.8. The summed E-state index contributed by atoms with van der Waals surface area (Å²) in [5, 5.41) is 18.6. The maximum Gasteiger partial charge on any atom is 0.356 e. The summed E-state index contributed by atoms with van der Waals surface area (Å²) < 4.78 is 7.72. The summed E-state index contributed by atoms with van der Waals surface area (Å²) in [5.74, 6) is -4.16. The number of likely N-dealkylation sites (N-methyl/N-ethyl adjacent to an activating group) is 1. The van der Waals surface area contributed by atoms with Crippen molar-refractivity contribution in [2.24, 2.45) is 7.05 Å². The van der Waals surface area contributed by atoms with Crippen LogP contribution in [0.5, 0.6) is 0 Å². The molecule has 20 heteroatoms. The zero-order valence-corrected chi connectivity index (χ0v) is 33.4. The number of hydrogen-bond donors (Lipinski definition) is 3. The molecule has 7 amide bonds. The van der Waals surface area contributed by atoms with Gasteiger partial charge in [-0.15, -0.1) is 16.9 Å². The second-order valence-corrected chi connectivity index (χ2v) is 15.5. The van der Waals surface area contributed by atoms with E-state index in [-0.39, 0.29) is 48.8 Å². The number of fused-ring (bicyclic) bond motifs is 1.